The molecule has 1 aliphatic heterocycles. The van der Waals surface area contributed by atoms with Crippen LogP contribution in [-0.4, -0.2) is 16.7 Å². The second-order valence-electron chi connectivity index (χ2n) is 5.37. The number of amidine groups is 1. The zero-order valence-electron chi connectivity index (χ0n) is 12.7. The molecule has 0 bridgehead atoms. The van der Waals surface area contributed by atoms with Crippen LogP contribution in [0.1, 0.15) is 26.6 Å². The molecule has 0 aliphatic carbocycles. The number of nitrogens with zero attached hydrogens (tertiary/aromatic N) is 2. The Morgan fingerprint density at radius 2 is 2.12 bits per heavy atom. The van der Waals surface area contributed by atoms with Crippen LogP contribution in [0.15, 0.2) is 45.9 Å². The van der Waals surface area contributed by atoms with Crippen LogP contribution < -0.4 is 5.32 Å². The molecular weight excluding hydrogens is 329 g/mol. The molecule has 0 spiro atoms. The summed E-state index contributed by atoms with van der Waals surface area (Å²) >= 11 is 1.47. The molecular formula is C17H12FN3O2S. The highest BCUT2D eigenvalue weighted by atomic mass is 32.1. The number of carbonyl (C=O) groups is 1. The maximum absolute atomic E-state index is 12.9. The van der Waals surface area contributed by atoms with Gasteiger partial charge in [0.25, 0.3) is 5.91 Å². The van der Waals surface area contributed by atoms with Crippen molar-refractivity contribution in [3.8, 4) is 10.8 Å². The number of aliphatic imine (C=N–C) groups is 1. The van der Waals surface area contributed by atoms with E-state index >= 15 is 0 Å². The number of carbonyl (C=O) groups excluding carboxylic acids is 1. The quantitative estimate of drug-likeness (QED) is 0.775. The number of aromatic nitrogens is 1. The van der Waals surface area contributed by atoms with Gasteiger partial charge in [-0.1, -0.05) is 0 Å². The maximum atomic E-state index is 12.9. The number of amides is 1. The topological polar surface area (TPSA) is 67.5 Å². The number of aryl methyl sites for hydroxylation is 1. The first-order valence-electron chi connectivity index (χ1n) is 7.27. The number of thiophene rings is 1. The van der Waals surface area contributed by atoms with Gasteiger partial charge in [0.1, 0.15) is 17.4 Å². The molecule has 7 heteroatoms. The molecule has 1 aliphatic rings. The molecule has 0 atom stereocenters. The number of nitrogens with one attached hydrogen (secondary N) is 1. The van der Waals surface area contributed by atoms with Crippen molar-refractivity contribution in [2.75, 3.05) is 0 Å². The van der Waals surface area contributed by atoms with E-state index in [1.54, 1.807) is 6.20 Å². The van der Waals surface area contributed by atoms with Crippen LogP contribution in [0.25, 0.3) is 10.8 Å². The number of hydrogen-bond donors (Lipinski definition) is 1. The molecule has 1 amide bonds. The third kappa shape index (κ3) is 2.63. The van der Waals surface area contributed by atoms with E-state index in [0.29, 0.717) is 23.8 Å². The van der Waals surface area contributed by atoms with Crippen LogP contribution in [0.2, 0.25) is 0 Å². The Hall–Kier alpha value is -2.80. The van der Waals surface area contributed by atoms with Crippen LogP contribution in [-0.2, 0) is 6.54 Å². The highest BCUT2D eigenvalue weighted by Crippen LogP contribution is 2.34. The van der Waals surface area contributed by atoms with E-state index in [1.807, 2.05) is 13.0 Å². The standard InChI is InChI=1S/C17H12FN3O2S/c1-9-7-20-17(23-9)13-6-11-8-19-15(14(11)24-13)21-16(22)10-2-4-12(18)5-3-10/h2-7H,8H2,1H3,(H,19,21,22). The fourth-order valence-corrected chi connectivity index (χ4v) is 3.50. The van der Waals surface area contributed by atoms with E-state index < -0.39 is 0 Å². The highest BCUT2D eigenvalue weighted by molar-refractivity contribution is 7.17. The van der Waals surface area contributed by atoms with Gasteiger partial charge in [-0.2, -0.15) is 0 Å². The van der Waals surface area contributed by atoms with Gasteiger partial charge in [0, 0.05) is 5.56 Å². The Balaban J connectivity index is 1.56. The lowest BCUT2D eigenvalue weighted by molar-refractivity contribution is 0.0977. The molecule has 0 fully saturated rings. The number of oxazole rings is 1. The van der Waals surface area contributed by atoms with E-state index in [9.17, 15) is 9.18 Å². The van der Waals surface area contributed by atoms with Crippen molar-refractivity contribution >= 4 is 23.1 Å². The van der Waals surface area contributed by atoms with Gasteiger partial charge in [0.15, 0.2) is 0 Å². The molecule has 4 rings (SSSR count). The Morgan fingerprint density at radius 1 is 1.33 bits per heavy atom. The van der Waals surface area contributed by atoms with Gasteiger partial charge in [-0.3, -0.25) is 9.79 Å². The van der Waals surface area contributed by atoms with Crippen molar-refractivity contribution in [2.24, 2.45) is 4.99 Å². The summed E-state index contributed by atoms with van der Waals surface area (Å²) in [6, 6.07) is 7.37. The Kier molecular flexibility index (Phi) is 3.50. The lowest BCUT2D eigenvalue weighted by Gasteiger charge is -2.04. The van der Waals surface area contributed by atoms with Crippen LogP contribution in [0.3, 0.4) is 0 Å². The predicted octanol–water partition coefficient (Wildman–Crippen LogP) is 3.54. The van der Waals surface area contributed by atoms with Gasteiger partial charge in [-0.25, -0.2) is 9.37 Å². The smallest absolute Gasteiger partial charge is 0.256 e. The first kappa shape index (κ1) is 14.8. The summed E-state index contributed by atoms with van der Waals surface area (Å²) in [5.41, 5.74) is 1.41. The van der Waals surface area contributed by atoms with Gasteiger partial charge < -0.3 is 9.73 Å². The second kappa shape index (κ2) is 5.68. The lowest BCUT2D eigenvalue weighted by Crippen LogP contribution is -2.29. The Bertz CT molecular complexity index is 957. The summed E-state index contributed by atoms with van der Waals surface area (Å²) in [6.07, 6.45) is 1.67. The normalized spacial score (nSPS) is 12.8. The number of rotatable bonds is 2. The summed E-state index contributed by atoms with van der Waals surface area (Å²) in [6.45, 7) is 2.35. The monoisotopic (exact) mass is 341 g/mol. The molecule has 24 heavy (non-hydrogen) atoms. The minimum absolute atomic E-state index is 0.316. The average molecular weight is 341 g/mol. The predicted molar refractivity (Wildman–Crippen MR) is 88.7 cm³/mol. The largest absolute Gasteiger partial charge is 0.441 e. The number of benzene rings is 1. The average Bonchev–Trinajstić information content (AvgIpc) is 3.25. The minimum Gasteiger partial charge on any atom is -0.441 e. The first-order chi connectivity index (χ1) is 11.6. The number of fused-ring (bicyclic) bond motifs is 1. The SMILES string of the molecule is Cc1cnc(-c2cc3c(s2)C(NC(=O)c2ccc(F)cc2)=NC3)o1. The second-order valence-corrected chi connectivity index (χ2v) is 6.42. The molecule has 1 N–H and O–H groups in total. The van der Waals surface area contributed by atoms with Crippen LogP contribution in [0.5, 0.6) is 0 Å². The van der Waals surface area contributed by atoms with E-state index in [2.05, 4.69) is 15.3 Å². The Labute approximate surface area is 140 Å². The minimum atomic E-state index is -0.379. The molecule has 120 valence electrons. The highest BCUT2D eigenvalue weighted by Gasteiger charge is 2.23. The third-order valence-electron chi connectivity index (χ3n) is 3.60. The van der Waals surface area contributed by atoms with E-state index in [0.717, 1.165) is 21.1 Å². The molecule has 5 nitrogen and oxygen atoms in total. The van der Waals surface area contributed by atoms with Crippen molar-refractivity contribution in [2.45, 2.75) is 13.5 Å². The molecule has 3 heterocycles. The zero-order valence-corrected chi connectivity index (χ0v) is 13.5. The summed E-state index contributed by atoms with van der Waals surface area (Å²) in [5.74, 6) is 1.15. The van der Waals surface area contributed by atoms with Crippen LogP contribution in [0, 0.1) is 12.7 Å². The summed E-state index contributed by atoms with van der Waals surface area (Å²) in [5, 5.41) is 2.79. The van der Waals surface area contributed by atoms with Gasteiger partial charge in [0.2, 0.25) is 5.89 Å². The van der Waals surface area contributed by atoms with Crippen molar-refractivity contribution in [3.63, 3.8) is 0 Å². The zero-order chi connectivity index (χ0) is 16.7. The van der Waals surface area contributed by atoms with Crippen LogP contribution in [0.4, 0.5) is 4.39 Å². The van der Waals surface area contributed by atoms with E-state index in [1.165, 1.54) is 35.6 Å². The summed E-state index contributed by atoms with van der Waals surface area (Å²) in [4.78, 5) is 22.6. The van der Waals surface area contributed by atoms with Gasteiger partial charge in [-0.15, -0.1) is 11.3 Å². The summed E-state index contributed by atoms with van der Waals surface area (Å²) < 4.78 is 18.5. The summed E-state index contributed by atoms with van der Waals surface area (Å²) in [7, 11) is 0. The van der Waals surface area contributed by atoms with Crippen molar-refractivity contribution in [1.29, 1.82) is 0 Å². The Morgan fingerprint density at radius 3 is 2.83 bits per heavy atom. The van der Waals surface area contributed by atoms with Gasteiger partial charge in [0.05, 0.1) is 22.5 Å². The molecule has 0 saturated heterocycles. The van der Waals surface area contributed by atoms with Crippen LogP contribution >= 0.6 is 11.3 Å². The molecule has 0 unspecified atom stereocenters. The first-order valence-corrected chi connectivity index (χ1v) is 8.09. The lowest BCUT2D eigenvalue weighted by atomic mass is 10.2. The van der Waals surface area contributed by atoms with Crippen molar-refractivity contribution in [1.82, 2.24) is 10.3 Å². The molecule has 0 radical (unpaired) electrons. The molecule has 3 aromatic rings. The molecule has 1 aromatic carbocycles. The van der Waals surface area contributed by atoms with Crippen molar-refractivity contribution in [3.05, 3.63) is 64.1 Å². The van der Waals surface area contributed by atoms with E-state index in [-0.39, 0.29) is 11.7 Å². The van der Waals surface area contributed by atoms with Gasteiger partial charge >= 0.3 is 0 Å². The molecule has 0 saturated carbocycles. The third-order valence-corrected chi connectivity index (χ3v) is 4.77. The molecule has 2 aromatic heterocycles. The maximum Gasteiger partial charge on any atom is 0.256 e. The van der Waals surface area contributed by atoms with Gasteiger partial charge in [-0.05, 0) is 42.8 Å². The fourth-order valence-electron chi connectivity index (χ4n) is 2.43. The number of halogens is 1. The fraction of sp³-hybridized carbons (Fsp3) is 0.118. The van der Waals surface area contributed by atoms with E-state index in [4.69, 9.17) is 4.42 Å². The van der Waals surface area contributed by atoms with Crippen molar-refractivity contribution < 1.29 is 13.6 Å². The number of hydrogen-bond acceptors (Lipinski definition) is 5.